The molecule has 1 aromatic rings. The van der Waals surface area contributed by atoms with Gasteiger partial charge in [-0.25, -0.2) is 4.39 Å². The van der Waals surface area contributed by atoms with Gasteiger partial charge in [0.2, 0.25) is 5.95 Å². The summed E-state index contributed by atoms with van der Waals surface area (Å²) in [6, 6.07) is 0.581. The molecule has 1 aliphatic rings. The largest absolute Gasteiger partial charge is 0.388 e. The average Bonchev–Trinajstić information content (AvgIpc) is 2.88. The number of H-pyrrole nitrogens is 1. The lowest BCUT2D eigenvalue weighted by Gasteiger charge is -2.34. The summed E-state index contributed by atoms with van der Waals surface area (Å²) in [6.07, 6.45) is -4.44. The first-order chi connectivity index (χ1) is 13.3. The van der Waals surface area contributed by atoms with Crippen molar-refractivity contribution in [3.8, 4) is 0 Å². The molecule has 2 rings (SSSR count). The van der Waals surface area contributed by atoms with E-state index in [2.05, 4.69) is 0 Å². The molecule has 0 spiro atoms. The van der Waals surface area contributed by atoms with Gasteiger partial charge in [-0.1, -0.05) is 20.8 Å². The van der Waals surface area contributed by atoms with E-state index in [0.717, 1.165) is 0 Å². The van der Waals surface area contributed by atoms with Gasteiger partial charge in [0.15, 0.2) is 0 Å². The van der Waals surface area contributed by atoms with Crippen LogP contribution in [0.3, 0.4) is 0 Å². The van der Waals surface area contributed by atoms with E-state index in [1.165, 1.54) is 7.11 Å². The molecule has 0 saturated carbocycles. The fourth-order valence-electron chi connectivity index (χ4n) is 3.26. The Kier molecular flexibility index (Phi) is 7.41. The molecule has 0 aromatic carbocycles. The lowest BCUT2D eigenvalue weighted by atomic mass is 9.92. The van der Waals surface area contributed by atoms with Crippen LogP contribution in [-0.4, -0.2) is 51.7 Å². The number of ether oxygens (including phenoxy) is 2. The molecular formula is C18H28F2NO7P. The summed E-state index contributed by atoms with van der Waals surface area (Å²) in [7, 11) is -2.67. The molecule has 1 saturated heterocycles. The number of halogens is 2. The van der Waals surface area contributed by atoms with Crippen molar-refractivity contribution < 1.29 is 37.3 Å². The van der Waals surface area contributed by atoms with Crippen LogP contribution in [0.15, 0.2) is 10.9 Å². The second kappa shape index (κ2) is 8.91. The fraction of sp³-hybridized carbons (Fsp3) is 0.722. The fourth-order valence-corrected chi connectivity index (χ4v) is 4.31. The zero-order valence-electron chi connectivity index (χ0n) is 17.0. The molecule has 8 nitrogen and oxygen atoms in total. The van der Waals surface area contributed by atoms with Crippen molar-refractivity contribution in [2.75, 3.05) is 7.11 Å². The zero-order valence-corrected chi connectivity index (χ0v) is 17.9. The Morgan fingerprint density at radius 2 is 2.03 bits per heavy atom. The second-order valence-electron chi connectivity index (χ2n) is 7.75. The molecule has 2 heterocycles. The van der Waals surface area contributed by atoms with E-state index in [9.17, 15) is 28.1 Å². The zero-order chi connectivity index (χ0) is 22.1. The maximum atomic E-state index is 14.3. The molecule has 11 heteroatoms. The minimum absolute atomic E-state index is 0.0229. The summed E-state index contributed by atoms with van der Waals surface area (Å²) in [6.45, 7) is 6.45. The maximum absolute atomic E-state index is 14.3. The predicted octanol–water partition coefficient (Wildman–Crippen LogP) is 2.64. The minimum atomic E-state index is -3.92. The molecule has 1 aliphatic heterocycles. The van der Waals surface area contributed by atoms with Crippen molar-refractivity contribution in [2.45, 2.75) is 76.2 Å². The van der Waals surface area contributed by atoms with E-state index in [4.69, 9.17) is 14.0 Å². The van der Waals surface area contributed by atoms with Crippen LogP contribution in [0.25, 0.3) is 0 Å². The van der Waals surface area contributed by atoms with Crippen molar-refractivity contribution in [1.82, 2.24) is 4.98 Å². The summed E-state index contributed by atoms with van der Waals surface area (Å²) >= 11 is 0. The van der Waals surface area contributed by atoms with Crippen LogP contribution in [0.4, 0.5) is 8.78 Å². The number of methoxy groups -OCH3 is 1. The number of pyridine rings is 1. The normalized spacial score (nSPS) is 29.0. The van der Waals surface area contributed by atoms with E-state index >= 15 is 0 Å². The first-order valence-corrected chi connectivity index (χ1v) is 11.0. The molecule has 1 aromatic heterocycles. The highest BCUT2D eigenvalue weighted by atomic mass is 31.2. The summed E-state index contributed by atoms with van der Waals surface area (Å²) < 4.78 is 57.3. The van der Waals surface area contributed by atoms with Crippen molar-refractivity contribution in [3.05, 3.63) is 33.7 Å². The third kappa shape index (κ3) is 5.13. The van der Waals surface area contributed by atoms with Gasteiger partial charge >= 0.3 is 7.60 Å². The highest BCUT2D eigenvalue weighted by molar-refractivity contribution is 7.53. The van der Waals surface area contributed by atoms with E-state index in [1.54, 1.807) is 27.7 Å². The summed E-state index contributed by atoms with van der Waals surface area (Å²) in [5.74, 6) is -2.34. The van der Waals surface area contributed by atoms with Crippen LogP contribution in [-0.2, 0) is 18.6 Å². The van der Waals surface area contributed by atoms with E-state index in [0.29, 0.717) is 12.5 Å². The van der Waals surface area contributed by atoms with Crippen LogP contribution in [0.2, 0.25) is 0 Å². The quantitative estimate of drug-likeness (QED) is 0.421. The van der Waals surface area contributed by atoms with Crippen molar-refractivity contribution in [1.29, 1.82) is 0 Å². The number of hydrogen-bond donors (Lipinski definition) is 3. The van der Waals surface area contributed by atoms with Gasteiger partial charge in [0, 0.05) is 19.6 Å². The third-order valence-electron chi connectivity index (χ3n) is 5.26. The molecule has 0 radical (unpaired) electrons. The first-order valence-electron chi connectivity index (χ1n) is 9.33. The molecule has 6 atom stereocenters. The van der Waals surface area contributed by atoms with Gasteiger partial charge in [0.25, 0.3) is 5.56 Å². The van der Waals surface area contributed by atoms with Crippen LogP contribution >= 0.6 is 7.60 Å². The van der Waals surface area contributed by atoms with Gasteiger partial charge in [0.1, 0.15) is 24.1 Å². The minimum Gasteiger partial charge on any atom is -0.388 e. The number of hydrogen-bond acceptors (Lipinski definition) is 6. The lowest BCUT2D eigenvalue weighted by molar-refractivity contribution is -0.0483. The summed E-state index contributed by atoms with van der Waals surface area (Å²) in [5.41, 5.74) is -3.29. The molecule has 1 fully saturated rings. The van der Waals surface area contributed by atoms with Gasteiger partial charge in [0.05, 0.1) is 22.9 Å². The number of aliphatic hydroxyl groups excluding tert-OH is 1. The Bertz CT molecular complexity index is 807. The van der Waals surface area contributed by atoms with Gasteiger partial charge in [-0.3, -0.25) is 14.3 Å². The average molecular weight is 439 g/mol. The standard InChI is InChI=1S/C18H28F2NO7P/c1-6-18(4,28-29(24,25)9(2)3)8-11-14(23)16(26-5)15(27-11)13-10(19)7-12(22)21-17(13)20/h7,9,11,14-16,23H,6,8H2,1-5H3,(H,21,22)(H,24,25). The molecule has 3 N–H and O–H groups in total. The number of aromatic amines is 1. The SMILES string of the molecule is CCC(C)(CC1OC(c2c(F)cc(=O)[nH]c2F)C(OC)C1O)OP(=O)(O)C(C)C. The molecule has 0 aliphatic carbocycles. The lowest BCUT2D eigenvalue weighted by Crippen LogP contribution is -2.39. The van der Waals surface area contributed by atoms with Crippen LogP contribution < -0.4 is 5.56 Å². The van der Waals surface area contributed by atoms with Crippen molar-refractivity contribution >= 4 is 7.60 Å². The van der Waals surface area contributed by atoms with Crippen molar-refractivity contribution in [3.63, 3.8) is 0 Å². The third-order valence-corrected chi connectivity index (χ3v) is 7.27. The predicted molar refractivity (Wildman–Crippen MR) is 101 cm³/mol. The first kappa shape index (κ1) is 24.1. The summed E-state index contributed by atoms with van der Waals surface area (Å²) in [4.78, 5) is 23.2. The maximum Gasteiger partial charge on any atom is 0.331 e. The molecule has 166 valence electrons. The van der Waals surface area contributed by atoms with Crippen LogP contribution in [0.5, 0.6) is 0 Å². The van der Waals surface area contributed by atoms with Gasteiger partial charge in [-0.15, -0.1) is 0 Å². The number of aliphatic hydroxyl groups is 1. The molecule has 0 amide bonds. The topological polar surface area (TPSA) is 118 Å². The summed E-state index contributed by atoms with van der Waals surface area (Å²) in [5, 5.41) is 10.6. The second-order valence-corrected chi connectivity index (χ2v) is 10.1. The molecule has 0 bridgehead atoms. The Morgan fingerprint density at radius 3 is 2.52 bits per heavy atom. The highest BCUT2D eigenvalue weighted by Crippen LogP contribution is 2.53. The van der Waals surface area contributed by atoms with Crippen molar-refractivity contribution in [2.24, 2.45) is 0 Å². The smallest absolute Gasteiger partial charge is 0.331 e. The van der Waals surface area contributed by atoms with E-state index < -0.39 is 66.2 Å². The number of aromatic nitrogens is 1. The molecule has 6 unspecified atom stereocenters. The van der Waals surface area contributed by atoms with Gasteiger partial charge in [-0.2, -0.15) is 4.39 Å². The van der Waals surface area contributed by atoms with Crippen LogP contribution in [0, 0.1) is 11.8 Å². The number of nitrogens with one attached hydrogen (secondary N) is 1. The Morgan fingerprint density at radius 1 is 1.41 bits per heavy atom. The van der Waals surface area contributed by atoms with Gasteiger partial charge in [-0.05, 0) is 13.3 Å². The Balaban J connectivity index is 2.32. The van der Waals surface area contributed by atoms with Crippen LogP contribution in [0.1, 0.15) is 52.2 Å². The highest BCUT2D eigenvalue weighted by Gasteiger charge is 2.50. The van der Waals surface area contributed by atoms with Gasteiger partial charge < -0.3 is 24.0 Å². The monoisotopic (exact) mass is 439 g/mol. The Labute approximate surface area is 167 Å². The number of rotatable bonds is 8. The van der Waals surface area contributed by atoms with E-state index in [-0.39, 0.29) is 6.42 Å². The molecule has 29 heavy (non-hydrogen) atoms. The van der Waals surface area contributed by atoms with E-state index in [1.807, 2.05) is 4.98 Å². The molecular weight excluding hydrogens is 411 g/mol. The Hall–Kier alpha value is -1.16.